The number of ether oxygens (including phenoxy) is 8. The van der Waals surface area contributed by atoms with Gasteiger partial charge in [0.15, 0.2) is 25.2 Å². The van der Waals surface area contributed by atoms with Crippen molar-refractivity contribution in [2.45, 2.75) is 214 Å². The molecule has 0 aliphatic carbocycles. The van der Waals surface area contributed by atoms with Crippen LogP contribution in [0.1, 0.15) is 85.0 Å². The highest BCUT2D eigenvalue weighted by atomic mass is 16.7. The third-order valence-corrected chi connectivity index (χ3v) is 16.4. The van der Waals surface area contributed by atoms with E-state index in [1.165, 1.54) is 30.6 Å². The molecule has 0 saturated carbocycles. The van der Waals surface area contributed by atoms with Crippen LogP contribution in [0.25, 0.3) is 0 Å². The fourth-order valence-electron chi connectivity index (χ4n) is 10.7. The molecule has 0 aromatic rings. The summed E-state index contributed by atoms with van der Waals surface area (Å²) in [6, 6.07) is -1.29. The Morgan fingerprint density at radius 3 is 1.10 bits per heavy atom. The molecule has 38 heteroatoms. The number of hydrogen-bond donors (Lipinski definition) is 21. The highest BCUT2D eigenvalue weighted by molar-refractivity contribution is 5.86. The van der Waals surface area contributed by atoms with Gasteiger partial charge in [0, 0.05) is 52.2 Å². The summed E-state index contributed by atoms with van der Waals surface area (Å²) in [5, 5.41) is 151. The molecule has 0 bridgehead atoms. The maximum Gasteiger partial charge on any atom is 0.237 e. The van der Waals surface area contributed by atoms with Crippen LogP contribution in [0.2, 0.25) is 0 Å². The van der Waals surface area contributed by atoms with Crippen LogP contribution in [-0.4, -0.2) is 365 Å². The first-order valence-corrected chi connectivity index (χ1v) is 33.1. The van der Waals surface area contributed by atoms with Gasteiger partial charge in [-0.3, -0.25) is 43.4 Å². The monoisotopic (exact) mass is 1400 g/mol. The number of unbranched alkanes of at least 4 members (excludes halogenated alkanes) is 5. The topological polar surface area (TPSA) is 573 Å². The zero-order chi connectivity index (χ0) is 71.7. The molecular formula is C59H108N10O28. The van der Waals surface area contributed by atoms with Crippen molar-refractivity contribution in [2.75, 3.05) is 118 Å². The van der Waals surface area contributed by atoms with Gasteiger partial charge >= 0.3 is 0 Å². The second-order valence-corrected chi connectivity index (χ2v) is 24.3. The lowest BCUT2D eigenvalue weighted by atomic mass is 9.99. The van der Waals surface area contributed by atoms with Crippen molar-refractivity contribution in [1.29, 1.82) is 0 Å². The second-order valence-electron chi connectivity index (χ2n) is 24.3. The first-order chi connectivity index (χ1) is 46.2. The molecule has 0 spiro atoms. The van der Waals surface area contributed by atoms with Crippen molar-refractivity contribution in [1.82, 2.24) is 47.0 Å². The second kappa shape index (κ2) is 45.3. The minimum absolute atomic E-state index is 0.00827. The first-order valence-electron chi connectivity index (χ1n) is 33.1. The molecule has 0 aromatic heterocycles. The number of nitrogens with two attached hydrogens (primary N) is 1. The number of aliphatic hydroxyl groups is 13. The van der Waals surface area contributed by atoms with Crippen LogP contribution in [0.5, 0.6) is 0 Å². The van der Waals surface area contributed by atoms with E-state index in [4.69, 9.17) is 43.6 Å². The number of nitrogens with zero attached hydrogens (tertiary/aromatic N) is 2. The Morgan fingerprint density at radius 1 is 0.381 bits per heavy atom. The van der Waals surface area contributed by atoms with Gasteiger partial charge in [-0.15, -0.1) is 0 Å². The summed E-state index contributed by atoms with van der Waals surface area (Å²) in [6.45, 7) is 0.912. The van der Waals surface area contributed by atoms with Gasteiger partial charge in [0.05, 0.1) is 90.1 Å². The Balaban J connectivity index is 1.37. The summed E-state index contributed by atoms with van der Waals surface area (Å²) >= 11 is 0. The van der Waals surface area contributed by atoms with Gasteiger partial charge in [-0.2, -0.15) is 0 Å². The quantitative estimate of drug-likeness (QED) is 0.0252. The third-order valence-electron chi connectivity index (χ3n) is 16.4. The van der Waals surface area contributed by atoms with Crippen LogP contribution in [0, 0.1) is 0 Å². The van der Waals surface area contributed by atoms with Gasteiger partial charge in [0.25, 0.3) is 0 Å². The van der Waals surface area contributed by atoms with Gasteiger partial charge in [-0.1, -0.05) is 12.8 Å². The minimum Gasteiger partial charge on any atom is -0.394 e. The van der Waals surface area contributed by atoms with Crippen molar-refractivity contribution in [3.63, 3.8) is 0 Å². The fraction of sp³-hybridized carbons (Fsp3) is 0.881. The summed E-state index contributed by atoms with van der Waals surface area (Å²) in [4.78, 5) is 96.6. The van der Waals surface area contributed by atoms with Crippen molar-refractivity contribution < 1.29 is 138 Å². The molecule has 4 saturated heterocycles. The van der Waals surface area contributed by atoms with E-state index in [-0.39, 0.29) is 110 Å². The van der Waals surface area contributed by atoms with Crippen LogP contribution in [0.4, 0.5) is 0 Å². The molecule has 0 unspecified atom stereocenters. The van der Waals surface area contributed by atoms with E-state index in [1.54, 1.807) is 0 Å². The van der Waals surface area contributed by atoms with Gasteiger partial charge < -0.3 is 147 Å². The first kappa shape index (κ1) is 84.7. The molecule has 4 aliphatic heterocycles. The van der Waals surface area contributed by atoms with E-state index in [1.807, 2.05) is 0 Å². The lowest BCUT2D eigenvalue weighted by molar-refractivity contribution is -0.300. The number of carbonyl (C=O) groups excluding carboxylic acids is 7. The SMILES string of the molecule is C[C@@H]1O[C@@H](OCCNC(=O)CN(CC(=O)NCCO[C@@H]2O[C@@H](C)[C@@H](O)[C@@H](O)[C@@H]2O)[C@@H](CCCCNC(=O)CN(CC(=O)NCCCCCN)CC(=O)NCCCCCC(=O)NCCO[C@@H]2O[C@@H](CO)[C@H](O)[C@@H](O)[C@H]2O)C(=O)NCCO[C@@H]2O[C@@H](C)[C@@H](O)[C@@H](O)[C@@H]2O)[C@@H](O)[C@H](O)[C@@H]1O. The van der Waals surface area contributed by atoms with Crippen LogP contribution >= 0.6 is 0 Å². The molecule has 4 fully saturated rings. The standard InChI is InChI=1S/C59H108N10O28/c1-32-43(77)47(81)51(85)56(94-32)90-23-19-65-41(75)29-69(30-42(76)66-20-24-91-57-52(86)48(82)44(78)33(2)95-57)35(55(89)67-21-25-92-58-53(87)49(83)45(79)34(3)96-58)12-7-11-17-63-40(74)28-68(27-39(73)62-16-10-5-8-14-60)26-38(72)61-15-9-4-6-13-37(71)64-18-22-93-59-54(88)50(84)46(80)36(31-70)97-59/h32-36,43-54,56-59,70,77-88H,4-31,60H2,1-3H3,(H,61,72)(H,62,73)(H,63,74)(H,64,71)(H,65,75)(H,66,76)(H,67,89)/t32-,33-,34-,35-,36-,43+,44+,45+,46-,47+,48+,49+,50+,51-,52-,53-,54+,56+,57+,58+,59+/m0/s1. The Morgan fingerprint density at radius 2 is 0.711 bits per heavy atom. The summed E-state index contributed by atoms with van der Waals surface area (Å²) in [6.07, 6.45) is -23.9. The predicted molar refractivity (Wildman–Crippen MR) is 333 cm³/mol. The molecule has 4 aliphatic rings. The van der Waals surface area contributed by atoms with Crippen LogP contribution in [-0.2, 0) is 71.5 Å². The molecule has 562 valence electrons. The van der Waals surface area contributed by atoms with Gasteiger partial charge in [-0.05, 0) is 72.3 Å². The molecule has 7 amide bonds. The number of hydrogen-bond acceptors (Lipinski definition) is 31. The number of rotatable bonds is 45. The van der Waals surface area contributed by atoms with Crippen LogP contribution in [0.15, 0.2) is 0 Å². The summed E-state index contributed by atoms with van der Waals surface area (Å²) in [5.74, 6) is -3.98. The predicted octanol–water partition coefficient (Wildman–Crippen LogP) is -11.0. The maximum atomic E-state index is 14.3. The Kier molecular flexibility index (Phi) is 39.5. The number of carbonyl (C=O) groups is 7. The highest BCUT2D eigenvalue weighted by Gasteiger charge is 2.46. The van der Waals surface area contributed by atoms with E-state index in [0.29, 0.717) is 38.8 Å². The summed E-state index contributed by atoms with van der Waals surface area (Å²) in [7, 11) is 0. The highest BCUT2D eigenvalue weighted by Crippen LogP contribution is 2.25. The Hall–Kier alpha value is -4.67. The molecule has 38 nitrogen and oxygen atoms in total. The van der Waals surface area contributed by atoms with E-state index in [0.717, 1.165) is 12.8 Å². The smallest absolute Gasteiger partial charge is 0.237 e. The maximum absolute atomic E-state index is 14.3. The molecule has 4 heterocycles. The Bertz CT molecular complexity index is 2280. The van der Waals surface area contributed by atoms with E-state index < -0.39 is 191 Å². The number of nitrogens with one attached hydrogen (secondary N) is 7. The summed E-state index contributed by atoms with van der Waals surface area (Å²) < 4.78 is 43.7. The lowest BCUT2D eigenvalue weighted by Crippen LogP contribution is -2.59. The Labute approximate surface area is 562 Å². The fourth-order valence-corrected chi connectivity index (χ4v) is 10.7. The average molecular weight is 1410 g/mol. The minimum atomic E-state index is -1.65. The molecule has 0 aromatic carbocycles. The van der Waals surface area contributed by atoms with Gasteiger partial charge in [0.2, 0.25) is 41.4 Å². The van der Waals surface area contributed by atoms with Crippen molar-refractivity contribution >= 4 is 41.4 Å². The third kappa shape index (κ3) is 29.4. The van der Waals surface area contributed by atoms with E-state index >= 15 is 0 Å². The largest absolute Gasteiger partial charge is 0.394 e. The average Bonchev–Trinajstić information content (AvgIpc) is 0.906. The van der Waals surface area contributed by atoms with E-state index in [2.05, 4.69) is 37.2 Å². The van der Waals surface area contributed by atoms with E-state index in [9.17, 15) is 99.9 Å². The molecule has 97 heavy (non-hydrogen) atoms. The van der Waals surface area contributed by atoms with Gasteiger partial charge in [0.1, 0.15) is 79.4 Å². The molecule has 22 N–H and O–H groups in total. The number of amides is 7. The molecule has 21 atom stereocenters. The number of aliphatic hydroxyl groups excluding tert-OH is 13. The lowest BCUT2D eigenvalue weighted by Gasteiger charge is -2.39. The summed E-state index contributed by atoms with van der Waals surface area (Å²) in [5.41, 5.74) is 5.59. The van der Waals surface area contributed by atoms with Crippen molar-refractivity contribution in [2.24, 2.45) is 5.73 Å². The molecular weight excluding hydrogens is 1300 g/mol. The zero-order valence-corrected chi connectivity index (χ0v) is 55.3. The van der Waals surface area contributed by atoms with Crippen molar-refractivity contribution in [3.8, 4) is 0 Å². The zero-order valence-electron chi connectivity index (χ0n) is 55.3. The van der Waals surface area contributed by atoms with Gasteiger partial charge in [-0.25, -0.2) is 0 Å². The molecule has 4 rings (SSSR count). The van der Waals surface area contributed by atoms with Crippen LogP contribution < -0.4 is 43.0 Å². The normalized spacial score (nSPS) is 30.9. The van der Waals surface area contributed by atoms with Crippen molar-refractivity contribution in [3.05, 3.63) is 0 Å². The van der Waals surface area contributed by atoms with Crippen LogP contribution in [0.3, 0.4) is 0 Å². The molecule has 0 radical (unpaired) electrons.